The monoisotopic (exact) mass is 453 g/mol. The van der Waals surface area contributed by atoms with Crippen LogP contribution in [0.1, 0.15) is 5.69 Å². The fraction of sp³-hybridized carbons (Fsp3) is 0.278. The molecule has 0 saturated carbocycles. The number of nitrogens with zero attached hydrogens (tertiary/aromatic N) is 3. The Morgan fingerprint density at radius 2 is 1.96 bits per heavy atom. The van der Waals surface area contributed by atoms with Crippen molar-refractivity contribution in [1.29, 1.82) is 0 Å². The van der Waals surface area contributed by atoms with E-state index in [1.807, 2.05) is 36.4 Å². The van der Waals surface area contributed by atoms with Gasteiger partial charge >= 0.3 is 0 Å². The molecule has 0 bridgehead atoms. The highest BCUT2D eigenvalue weighted by Crippen LogP contribution is 2.33. The van der Waals surface area contributed by atoms with Gasteiger partial charge in [0.05, 0.1) is 27.6 Å². The van der Waals surface area contributed by atoms with Crippen molar-refractivity contribution in [3.8, 4) is 0 Å². The fourth-order valence-corrected chi connectivity index (χ4v) is 4.78. The molecule has 136 valence electrons. The second-order valence-corrected chi connectivity index (χ2v) is 8.61. The van der Waals surface area contributed by atoms with Crippen molar-refractivity contribution >= 4 is 49.5 Å². The highest BCUT2D eigenvalue weighted by molar-refractivity contribution is 9.10. The molecule has 8 heteroatoms. The molecule has 1 atom stereocenters. The van der Waals surface area contributed by atoms with Crippen molar-refractivity contribution in [3.63, 3.8) is 0 Å². The fourth-order valence-electron chi connectivity index (χ4n) is 3.05. The van der Waals surface area contributed by atoms with Crippen molar-refractivity contribution in [1.82, 2.24) is 13.9 Å². The average Bonchev–Trinajstić information content (AvgIpc) is 3.04. The molecular weight excluding hydrogens is 438 g/mol. The van der Waals surface area contributed by atoms with Gasteiger partial charge in [-0.1, -0.05) is 29.8 Å². The van der Waals surface area contributed by atoms with Crippen LogP contribution < -0.4 is 0 Å². The lowest BCUT2D eigenvalue weighted by atomic mass is 10.3. The van der Waals surface area contributed by atoms with E-state index in [4.69, 9.17) is 16.3 Å². The molecule has 1 aliphatic rings. The van der Waals surface area contributed by atoms with E-state index in [1.54, 1.807) is 10.2 Å². The molecule has 1 saturated heterocycles. The van der Waals surface area contributed by atoms with Crippen LogP contribution in [0, 0.1) is 0 Å². The number of fused-ring (bicyclic) bond motifs is 1. The largest absolute Gasteiger partial charge is 0.379 e. The normalized spacial score (nSPS) is 16.8. The zero-order valence-corrected chi connectivity index (χ0v) is 17.1. The van der Waals surface area contributed by atoms with E-state index in [2.05, 4.69) is 25.8 Å². The molecule has 0 amide bonds. The topological polar surface area (TPSA) is 47.4 Å². The maximum atomic E-state index is 13.3. The Labute approximate surface area is 167 Å². The van der Waals surface area contributed by atoms with Crippen LogP contribution in [-0.4, -0.2) is 44.4 Å². The Balaban J connectivity index is 1.83. The third kappa shape index (κ3) is 3.46. The summed E-state index contributed by atoms with van der Waals surface area (Å²) in [7, 11) is -1.40. The van der Waals surface area contributed by atoms with Gasteiger partial charge < -0.3 is 4.74 Å². The lowest BCUT2D eigenvalue weighted by Gasteiger charge is -2.26. The molecule has 0 N–H and O–H groups in total. The summed E-state index contributed by atoms with van der Waals surface area (Å²) < 4.78 is 21.3. The van der Waals surface area contributed by atoms with Crippen molar-refractivity contribution < 1.29 is 8.95 Å². The van der Waals surface area contributed by atoms with Gasteiger partial charge in [0.1, 0.15) is 0 Å². The number of aromatic nitrogens is 2. The first-order valence-electron chi connectivity index (χ1n) is 8.27. The first-order chi connectivity index (χ1) is 12.6. The Bertz CT molecular complexity index is 958. The SMILES string of the molecule is O=S(c1ccccc1)n1c(CN2CCOCC2)cc2c(Cl)c(Br)cnc21. The van der Waals surface area contributed by atoms with Gasteiger partial charge in [-0.15, -0.1) is 0 Å². The second-order valence-electron chi connectivity index (χ2n) is 6.04. The minimum atomic E-state index is -1.40. The summed E-state index contributed by atoms with van der Waals surface area (Å²) >= 11 is 9.90. The number of benzene rings is 1. The summed E-state index contributed by atoms with van der Waals surface area (Å²) in [6.07, 6.45) is 1.65. The highest BCUT2D eigenvalue weighted by Gasteiger charge is 2.22. The van der Waals surface area contributed by atoms with E-state index >= 15 is 0 Å². The number of ether oxygens (including phenoxy) is 1. The van der Waals surface area contributed by atoms with E-state index < -0.39 is 11.0 Å². The average molecular weight is 455 g/mol. The van der Waals surface area contributed by atoms with Crippen LogP contribution in [0.4, 0.5) is 0 Å². The van der Waals surface area contributed by atoms with Crippen LogP contribution in [-0.2, 0) is 22.3 Å². The predicted molar refractivity (Wildman–Crippen MR) is 107 cm³/mol. The number of hydrogen-bond acceptors (Lipinski definition) is 4. The third-order valence-corrected chi connectivity index (χ3v) is 7.00. The molecule has 3 aromatic rings. The molecule has 2 aromatic heterocycles. The molecule has 1 fully saturated rings. The number of rotatable bonds is 4. The summed E-state index contributed by atoms with van der Waals surface area (Å²) in [5.74, 6) is 0. The van der Waals surface area contributed by atoms with Crippen LogP contribution in [0.15, 0.2) is 52.0 Å². The van der Waals surface area contributed by atoms with Gasteiger partial charge in [0.2, 0.25) is 0 Å². The van der Waals surface area contributed by atoms with E-state index in [0.29, 0.717) is 30.4 Å². The Morgan fingerprint density at radius 1 is 1.23 bits per heavy atom. The third-order valence-electron chi connectivity index (χ3n) is 4.35. The summed E-state index contributed by atoms with van der Waals surface area (Å²) in [5.41, 5.74) is 1.56. The summed E-state index contributed by atoms with van der Waals surface area (Å²) in [6, 6.07) is 11.4. The maximum absolute atomic E-state index is 13.3. The van der Waals surface area contributed by atoms with Crippen molar-refractivity contribution in [2.75, 3.05) is 26.3 Å². The lowest BCUT2D eigenvalue weighted by molar-refractivity contribution is 0.0336. The second kappa shape index (κ2) is 7.78. The highest BCUT2D eigenvalue weighted by atomic mass is 79.9. The van der Waals surface area contributed by atoms with Crippen LogP contribution in [0.3, 0.4) is 0 Å². The zero-order chi connectivity index (χ0) is 18.1. The van der Waals surface area contributed by atoms with Gasteiger partial charge in [-0.05, 0) is 34.1 Å². The number of halogens is 2. The van der Waals surface area contributed by atoms with Crippen molar-refractivity contribution in [3.05, 3.63) is 57.8 Å². The molecule has 1 unspecified atom stereocenters. The first kappa shape index (κ1) is 18.1. The Hall–Kier alpha value is -1.25. The zero-order valence-electron chi connectivity index (χ0n) is 13.9. The summed E-state index contributed by atoms with van der Waals surface area (Å²) in [5, 5.41) is 1.38. The maximum Gasteiger partial charge on any atom is 0.158 e. The molecule has 3 heterocycles. The number of morpholine rings is 1. The molecule has 0 spiro atoms. The van der Waals surface area contributed by atoms with Gasteiger partial charge in [0.25, 0.3) is 0 Å². The van der Waals surface area contributed by atoms with Crippen molar-refractivity contribution in [2.45, 2.75) is 11.4 Å². The van der Waals surface area contributed by atoms with Gasteiger partial charge in [-0.25, -0.2) is 13.2 Å². The number of pyridine rings is 1. The number of hydrogen-bond donors (Lipinski definition) is 0. The van der Waals surface area contributed by atoms with E-state index in [-0.39, 0.29) is 0 Å². The quantitative estimate of drug-likeness (QED) is 0.601. The van der Waals surface area contributed by atoms with Crippen LogP contribution in [0.2, 0.25) is 5.02 Å². The Morgan fingerprint density at radius 3 is 2.69 bits per heavy atom. The van der Waals surface area contributed by atoms with Crippen LogP contribution in [0.5, 0.6) is 0 Å². The smallest absolute Gasteiger partial charge is 0.158 e. The molecule has 0 radical (unpaired) electrons. The Kier molecular flexibility index (Phi) is 5.42. The standard InChI is InChI=1S/C18H17BrClN3O2S/c19-16-11-21-18-15(17(16)20)10-13(12-22-6-8-25-9-7-22)23(18)26(24)14-4-2-1-3-5-14/h1-5,10-11H,6-9,12H2. The summed E-state index contributed by atoms with van der Waals surface area (Å²) in [6.45, 7) is 3.81. The minimum absolute atomic E-state index is 0.585. The molecule has 5 nitrogen and oxygen atoms in total. The van der Waals surface area contributed by atoms with Crippen LogP contribution >= 0.6 is 27.5 Å². The molecule has 0 aliphatic carbocycles. The molecule has 1 aliphatic heterocycles. The van der Waals surface area contributed by atoms with Crippen molar-refractivity contribution in [2.24, 2.45) is 0 Å². The van der Waals surface area contributed by atoms with Gasteiger partial charge in [-0.3, -0.25) is 4.90 Å². The van der Waals surface area contributed by atoms with E-state index in [1.165, 1.54) is 0 Å². The van der Waals surface area contributed by atoms with Gasteiger partial charge in [0, 0.05) is 36.9 Å². The predicted octanol–water partition coefficient (Wildman–Crippen LogP) is 3.86. The molecule has 4 rings (SSSR count). The summed E-state index contributed by atoms with van der Waals surface area (Å²) in [4.78, 5) is 7.52. The molecule has 26 heavy (non-hydrogen) atoms. The van der Waals surface area contributed by atoms with Crippen LogP contribution in [0.25, 0.3) is 11.0 Å². The minimum Gasteiger partial charge on any atom is -0.379 e. The van der Waals surface area contributed by atoms with E-state index in [9.17, 15) is 4.21 Å². The van der Waals surface area contributed by atoms with Gasteiger partial charge in [0.15, 0.2) is 16.6 Å². The molecule has 1 aromatic carbocycles. The first-order valence-corrected chi connectivity index (χ1v) is 10.5. The molecular formula is C18H17BrClN3O2S. The van der Waals surface area contributed by atoms with Gasteiger partial charge in [-0.2, -0.15) is 0 Å². The van der Waals surface area contributed by atoms with E-state index in [0.717, 1.165) is 33.5 Å². The lowest BCUT2D eigenvalue weighted by Crippen LogP contribution is -2.36.